The minimum absolute atomic E-state index is 0.0546. The van der Waals surface area contributed by atoms with Crippen molar-refractivity contribution < 1.29 is 9.59 Å². The third-order valence-corrected chi connectivity index (χ3v) is 6.17. The van der Waals surface area contributed by atoms with Crippen LogP contribution in [0.2, 0.25) is 0 Å². The van der Waals surface area contributed by atoms with Crippen molar-refractivity contribution in [3.63, 3.8) is 0 Å². The van der Waals surface area contributed by atoms with Crippen molar-refractivity contribution in [3.8, 4) is 0 Å². The summed E-state index contributed by atoms with van der Waals surface area (Å²) in [6.07, 6.45) is 2.17. The zero-order valence-electron chi connectivity index (χ0n) is 16.3. The van der Waals surface area contributed by atoms with Gasteiger partial charge in [0.2, 0.25) is 11.8 Å². The molecule has 2 aliphatic heterocycles. The summed E-state index contributed by atoms with van der Waals surface area (Å²) in [5.41, 5.74) is 3.05. The van der Waals surface area contributed by atoms with Crippen LogP contribution in [0.3, 0.4) is 0 Å². The molecule has 0 bridgehead atoms. The van der Waals surface area contributed by atoms with Gasteiger partial charge in [0, 0.05) is 5.92 Å². The number of piperidine rings is 1. The van der Waals surface area contributed by atoms with Crippen LogP contribution in [0.25, 0.3) is 11.0 Å². The normalized spacial score (nSPS) is 21.4. The number of likely N-dealkylation sites (tertiary alicyclic amines) is 2. The molecule has 2 aromatic carbocycles. The molecule has 29 heavy (non-hydrogen) atoms. The number of carbonyl (C=O) groups is 2. The van der Waals surface area contributed by atoms with E-state index >= 15 is 0 Å². The van der Waals surface area contributed by atoms with Gasteiger partial charge in [-0.25, -0.2) is 4.98 Å². The van der Waals surface area contributed by atoms with E-state index in [0.717, 1.165) is 48.4 Å². The number of H-pyrrole nitrogens is 1. The highest BCUT2D eigenvalue weighted by molar-refractivity contribution is 6.05. The van der Waals surface area contributed by atoms with Gasteiger partial charge in [-0.1, -0.05) is 42.5 Å². The van der Waals surface area contributed by atoms with Crippen molar-refractivity contribution in [1.29, 1.82) is 0 Å². The number of aromatic amines is 1. The largest absolute Gasteiger partial charge is 0.342 e. The Labute approximate surface area is 169 Å². The van der Waals surface area contributed by atoms with Crippen molar-refractivity contribution in [2.45, 2.75) is 37.8 Å². The number of imidazole rings is 1. The first kappa shape index (κ1) is 18.1. The molecule has 0 aliphatic carbocycles. The Morgan fingerprint density at radius 1 is 0.966 bits per heavy atom. The lowest BCUT2D eigenvalue weighted by atomic mass is 9.95. The van der Waals surface area contributed by atoms with E-state index < -0.39 is 0 Å². The second-order valence-electron chi connectivity index (χ2n) is 7.97. The lowest BCUT2D eigenvalue weighted by molar-refractivity contribution is -0.140. The van der Waals surface area contributed by atoms with Gasteiger partial charge in [0.25, 0.3) is 0 Å². The summed E-state index contributed by atoms with van der Waals surface area (Å²) in [6.45, 7) is 1.99. The number of hydrogen-bond acceptors (Lipinski definition) is 4. The molecule has 2 amide bonds. The number of rotatable bonds is 4. The van der Waals surface area contributed by atoms with Crippen LogP contribution in [0.5, 0.6) is 0 Å². The zero-order chi connectivity index (χ0) is 19.8. The Morgan fingerprint density at radius 2 is 1.69 bits per heavy atom. The molecule has 0 spiro atoms. The Hall–Kier alpha value is -2.99. The van der Waals surface area contributed by atoms with E-state index in [9.17, 15) is 9.59 Å². The maximum Gasteiger partial charge on any atom is 0.247 e. The van der Waals surface area contributed by atoms with Crippen LogP contribution in [-0.2, 0) is 16.1 Å². The third-order valence-electron chi connectivity index (χ3n) is 6.17. The molecule has 2 aliphatic rings. The lowest BCUT2D eigenvalue weighted by Crippen LogP contribution is -2.45. The van der Waals surface area contributed by atoms with Gasteiger partial charge in [0.1, 0.15) is 5.82 Å². The van der Waals surface area contributed by atoms with Crippen LogP contribution >= 0.6 is 0 Å². The van der Waals surface area contributed by atoms with Crippen LogP contribution < -0.4 is 0 Å². The van der Waals surface area contributed by atoms with E-state index in [2.05, 4.69) is 9.88 Å². The molecule has 1 aromatic heterocycles. The number of carbonyl (C=O) groups excluding carboxylic acids is 2. The fraction of sp³-hybridized carbons (Fsp3) is 0.348. The van der Waals surface area contributed by atoms with Gasteiger partial charge < -0.3 is 4.98 Å². The first-order valence-electron chi connectivity index (χ1n) is 10.3. The van der Waals surface area contributed by atoms with Gasteiger partial charge >= 0.3 is 0 Å². The van der Waals surface area contributed by atoms with Gasteiger partial charge in [0.05, 0.1) is 30.0 Å². The smallest absolute Gasteiger partial charge is 0.247 e. The molecule has 2 saturated heterocycles. The highest BCUT2D eigenvalue weighted by Crippen LogP contribution is 2.31. The Morgan fingerprint density at radius 3 is 2.45 bits per heavy atom. The minimum atomic E-state index is -0.317. The van der Waals surface area contributed by atoms with Crippen molar-refractivity contribution in [2.24, 2.45) is 0 Å². The number of para-hydroxylation sites is 2. The molecule has 148 valence electrons. The van der Waals surface area contributed by atoms with Crippen molar-refractivity contribution >= 4 is 22.8 Å². The second-order valence-corrected chi connectivity index (χ2v) is 7.97. The molecule has 3 heterocycles. The molecule has 1 atom stereocenters. The first-order chi connectivity index (χ1) is 14.2. The average molecular weight is 388 g/mol. The number of nitrogens with one attached hydrogen (secondary N) is 1. The first-order valence-corrected chi connectivity index (χ1v) is 10.3. The van der Waals surface area contributed by atoms with Crippen molar-refractivity contribution in [3.05, 3.63) is 66.0 Å². The monoisotopic (exact) mass is 388 g/mol. The highest BCUT2D eigenvalue weighted by atomic mass is 16.2. The van der Waals surface area contributed by atoms with E-state index in [1.807, 2.05) is 54.6 Å². The van der Waals surface area contributed by atoms with Crippen LogP contribution in [0, 0.1) is 0 Å². The highest BCUT2D eigenvalue weighted by Gasteiger charge is 2.42. The summed E-state index contributed by atoms with van der Waals surface area (Å²) in [5, 5.41) is 0. The fourth-order valence-corrected chi connectivity index (χ4v) is 4.53. The second kappa shape index (κ2) is 7.44. The van der Waals surface area contributed by atoms with Crippen LogP contribution in [0.4, 0.5) is 0 Å². The maximum atomic E-state index is 12.9. The van der Waals surface area contributed by atoms with E-state index in [4.69, 9.17) is 4.98 Å². The van der Waals surface area contributed by atoms with E-state index in [0.29, 0.717) is 18.9 Å². The molecule has 5 rings (SSSR count). The standard InChI is InChI=1S/C23H24N4O2/c28-21-14-20(23(29)27(21)15-16-6-2-1-3-7-16)26-12-10-17(11-13-26)22-24-18-8-4-5-9-19(18)25-22/h1-9,17,20H,10-15H2,(H,24,25)/t20-/m0/s1. The molecule has 0 radical (unpaired) electrons. The molecular weight excluding hydrogens is 364 g/mol. The van der Waals surface area contributed by atoms with Crippen LogP contribution in [0.1, 0.15) is 36.6 Å². The number of benzene rings is 2. The number of nitrogens with zero attached hydrogens (tertiary/aromatic N) is 3. The van der Waals surface area contributed by atoms with Gasteiger partial charge in [0.15, 0.2) is 0 Å². The minimum Gasteiger partial charge on any atom is -0.342 e. The molecule has 1 N–H and O–H groups in total. The predicted octanol–water partition coefficient (Wildman–Crippen LogP) is 3.07. The van der Waals surface area contributed by atoms with Crippen LogP contribution in [0.15, 0.2) is 54.6 Å². The lowest BCUT2D eigenvalue weighted by Gasteiger charge is -2.34. The van der Waals surface area contributed by atoms with Crippen molar-refractivity contribution in [1.82, 2.24) is 19.8 Å². The van der Waals surface area contributed by atoms with Crippen LogP contribution in [-0.4, -0.2) is 50.7 Å². The average Bonchev–Trinajstić information content (AvgIpc) is 3.31. The van der Waals surface area contributed by atoms with Gasteiger partial charge in [-0.2, -0.15) is 0 Å². The summed E-state index contributed by atoms with van der Waals surface area (Å²) < 4.78 is 0. The Kier molecular flexibility index (Phi) is 4.64. The van der Waals surface area contributed by atoms with E-state index in [1.165, 1.54) is 4.90 Å². The van der Waals surface area contributed by atoms with Crippen molar-refractivity contribution in [2.75, 3.05) is 13.1 Å². The fourth-order valence-electron chi connectivity index (χ4n) is 4.53. The molecule has 6 heteroatoms. The zero-order valence-corrected chi connectivity index (χ0v) is 16.3. The summed E-state index contributed by atoms with van der Waals surface area (Å²) in [6, 6.07) is 17.5. The number of amides is 2. The molecule has 0 unspecified atom stereocenters. The molecular formula is C23H24N4O2. The number of hydrogen-bond donors (Lipinski definition) is 1. The van der Waals surface area contributed by atoms with E-state index in [1.54, 1.807) is 0 Å². The Bertz CT molecular complexity index is 1000. The third kappa shape index (κ3) is 3.44. The number of fused-ring (bicyclic) bond motifs is 1. The summed E-state index contributed by atoms with van der Waals surface area (Å²) in [5.74, 6) is 1.28. The summed E-state index contributed by atoms with van der Waals surface area (Å²) >= 11 is 0. The Balaban J connectivity index is 1.23. The van der Waals surface area contributed by atoms with E-state index in [-0.39, 0.29) is 17.9 Å². The van der Waals surface area contributed by atoms with Gasteiger partial charge in [-0.3, -0.25) is 19.4 Å². The quantitative estimate of drug-likeness (QED) is 0.698. The number of aromatic nitrogens is 2. The summed E-state index contributed by atoms with van der Waals surface area (Å²) in [4.78, 5) is 37.2. The maximum absolute atomic E-state index is 12.9. The van der Waals surface area contributed by atoms with Gasteiger partial charge in [-0.15, -0.1) is 0 Å². The SMILES string of the molecule is O=C1C[C@H](N2CCC(c3nc4ccccc4[nH]3)CC2)C(=O)N1Cc1ccccc1. The van der Waals surface area contributed by atoms with Gasteiger partial charge in [-0.05, 0) is 43.6 Å². The topological polar surface area (TPSA) is 69.3 Å². The molecule has 0 saturated carbocycles. The molecule has 6 nitrogen and oxygen atoms in total. The molecule has 2 fully saturated rings. The predicted molar refractivity (Wildman–Crippen MR) is 110 cm³/mol. The molecule has 3 aromatic rings. The summed E-state index contributed by atoms with van der Waals surface area (Å²) in [7, 11) is 0. The number of imide groups is 1.